The average molecular weight is 276 g/mol. The lowest BCUT2D eigenvalue weighted by atomic mass is 9.91. The average Bonchev–Trinajstić information content (AvgIpc) is 2.43. The Kier molecular flexibility index (Phi) is 5.44. The summed E-state index contributed by atoms with van der Waals surface area (Å²) in [6.07, 6.45) is 4.77. The first-order valence-electron chi connectivity index (χ1n) is 7.72. The predicted octanol–water partition coefficient (Wildman–Crippen LogP) is 2.88. The van der Waals surface area contributed by atoms with Gasteiger partial charge in [-0.25, -0.2) is 0 Å². The lowest BCUT2D eigenvalue weighted by Crippen LogP contribution is -2.40. The van der Waals surface area contributed by atoms with Crippen LogP contribution < -0.4 is 10.5 Å². The van der Waals surface area contributed by atoms with Crippen molar-refractivity contribution in [2.45, 2.75) is 51.6 Å². The van der Waals surface area contributed by atoms with E-state index in [-0.39, 0.29) is 0 Å². The number of benzene rings is 1. The zero-order valence-electron chi connectivity index (χ0n) is 13.1. The highest BCUT2D eigenvalue weighted by Crippen LogP contribution is 2.22. The van der Waals surface area contributed by atoms with Gasteiger partial charge >= 0.3 is 0 Å². The maximum atomic E-state index is 5.96. The fraction of sp³-hybridized carbons (Fsp3) is 0.647. The molecule has 1 aromatic rings. The van der Waals surface area contributed by atoms with E-state index in [1.807, 2.05) is 0 Å². The number of nitrogens with zero attached hydrogens (tertiary/aromatic N) is 1. The summed E-state index contributed by atoms with van der Waals surface area (Å²) in [5.74, 6) is 1.02. The van der Waals surface area contributed by atoms with Crippen molar-refractivity contribution in [3.8, 4) is 5.75 Å². The van der Waals surface area contributed by atoms with Gasteiger partial charge < -0.3 is 15.4 Å². The topological polar surface area (TPSA) is 38.5 Å². The van der Waals surface area contributed by atoms with Crippen LogP contribution in [0.2, 0.25) is 0 Å². The summed E-state index contributed by atoms with van der Waals surface area (Å²) in [7, 11) is 2.20. The maximum absolute atomic E-state index is 5.96. The Labute approximate surface area is 123 Å². The fourth-order valence-electron chi connectivity index (χ4n) is 2.89. The van der Waals surface area contributed by atoms with Gasteiger partial charge in [-0.2, -0.15) is 0 Å². The SMILES string of the molecule is Cc1ccc(C)c(OCCN(C)C2CCC(N)CC2)c1. The first kappa shape index (κ1) is 15.3. The van der Waals surface area contributed by atoms with Crippen LogP contribution in [0.15, 0.2) is 18.2 Å². The summed E-state index contributed by atoms with van der Waals surface area (Å²) in [4.78, 5) is 2.43. The highest BCUT2D eigenvalue weighted by atomic mass is 16.5. The third-order valence-corrected chi connectivity index (χ3v) is 4.41. The molecule has 1 aliphatic rings. The van der Waals surface area contributed by atoms with Crippen LogP contribution in [0.5, 0.6) is 5.75 Å². The Morgan fingerprint density at radius 3 is 2.60 bits per heavy atom. The van der Waals surface area contributed by atoms with Crippen molar-refractivity contribution in [3.05, 3.63) is 29.3 Å². The smallest absolute Gasteiger partial charge is 0.122 e. The Bertz CT molecular complexity index is 425. The Morgan fingerprint density at radius 1 is 1.20 bits per heavy atom. The number of hydrogen-bond donors (Lipinski definition) is 1. The normalized spacial score (nSPS) is 23.1. The van der Waals surface area contributed by atoms with Crippen molar-refractivity contribution >= 4 is 0 Å². The molecule has 0 saturated heterocycles. The molecule has 2 rings (SSSR count). The van der Waals surface area contributed by atoms with Gasteiger partial charge in [-0.15, -0.1) is 0 Å². The molecule has 3 nitrogen and oxygen atoms in total. The summed E-state index contributed by atoms with van der Waals surface area (Å²) in [6.45, 7) is 5.93. The second-order valence-corrected chi connectivity index (χ2v) is 6.17. The van der Waals surface area contributed by atoms with Crippen LogP contribution >= 0.6 is 0 Å². The zero-order chi connectivity index (χ0) is 14.5. The van der Waals surface area contributed by atoms with Gasteiger partial charge in [-0.3, -0.25) is 0 Å². The van der Waals surface area contributed by atoms with Crippen LogP contribution in [0.4, 0.5) is 0 Å². The molecule has 3 heteroatoms. The van der Waals surface area contributed by atoms with Crippen molar-refractivity contribution in [3.63, 3.8) is 0 Å². The largest absolute Gasteiger partial charge is 0.492 e. The van der Waals surface area contributed by atoms with Crippen LogP contribution in [0, 0.1) is 13.8 Å². The second kappa shape index (κ2) is 7.09. The minimum absolute atomic E-state index is 0.422. The van der Waals surface area contributed by atoms with Crippen LogP contribution in [-0.4, -0.2) is 37.2 Å². The molecular weight excluding hydrogens is 248 g/mol. The van der Waals surface area contributed by atoms with Crippen molar-refractivity contribution in [2.24, 2.45) is 5.73 Å². The second-order valence-electron chi connectivity index (χ2n) is 6.17. The molecule has 112 valence electrons. The molecule has 1 fully saturated rings. The maximum Gasteiger partial charge on any atom is 0.122 e. The van der Waals surface area contributed by atoms with E-state index in [4.69, 9.17) is 10.5 Å². The molecule has 20 heavy (non-hydrogen) atoms. The van der Waals surface area contributed by atoms with Gasteiger partial charge in [0.15, 0.2) is 0 Å². The lowest BCUT2D eigenvalue weighted by molar-refractivity contribution is 0.154. The van der Waals surface area contributed by atoms with Gasteiger partial charge in [0.25, 0.3) is 0 Å². The highest BCUT2D eigenvalue weighted by molar-refractivity contribution is 5.35. The Balaban J connectivity index is 1.76. The van der Waals surface area contributed by atoms with Gasteiger partial charge in [0.05, 0.1) is 0 Å². The minimum Gasteiger partial charge on any atom is -0.492 e. The van der Waals surface area contributed by atoms with Gasteiger partial charge in [0, 0.05) is 18.6 Å². The van der Waals surface area contributed by atoms with Crippen molar-refractivity contribution in [2.75, 3.05) is 20.2 Å². The fourth-order valence-corrected chi connectivity index (χ4v) is 2.89. The molecule has 0 spiro atoms. The summed E-state index contributed by atoms with van der Waals surface area (Å²) in [5.41, 5.74) is 8.42. The van der Waals surface area contributed by atoms with Crippen LogP contribution in [-0.2, 0) is 0 Å². The summed E-state index contributed by atoms with van der Waals surface area (Å²) >= 11 is 0. The summed E-state index contributed by atoms with van der Waals surface area (Å²) in [5, 5.41) is 0. The standard InChI is InChI=1S/C17H28N2O/c1-13-4-5-14(2)17(12-13)20-11-10-19(3)16-8-6-15(18)7-9-16/h4-5,12,15-16H,6-11,18H2,1-3H3. The number of nitrogens with two attached hydrogens (primary N) is 1. The van der Waals surface area contributed by atoms with E-state index < -0.39 is 0 Å². The molecule has 0 atom stereocenters. The Morgan fingerprint density at radius 2 is 1.90 bits per heavy atom. The number of rotatable bonds is 5. The molecule has 0 unspecified atom stereocenters. The molecule has 1 saturated carbocycles. The molecule has 0 amide bonds. The van der Waals surface area contributed by atoms with E-state index in [1.54, 1.807) is 0 Å². The molecule has 0 bridgehead atoms. The van der Waals surface area contributed by atoms with E-state index >= 15 is 0 Å². The number of ether oxygens (including phenoxy) is 1. The molecular formula is C17H28N2O. The minimum atomic E-state index is 0.422. The molecule has 0 aromatic heterocycles. The molecule has 0 radical (unpaired) electrons. The van der Waals surface area contributed by atoms with Gasteiger partial charge in [0.2, 0.25) is 0 Å². The van der Waals surface area contributed by atoms with Gasteiger partial charge in [-0.05, 0) is 63.8 Å². The first-order chi connectivity index (χ1) is 9.56. The van der Waals surface area contributed by atoms with E-state index in [0.29, 0.717) is 12.1 Å². The lowest BCUT2D eigenvalue weighted by Gasteiger charge is -2.33. The first-order valence-corrected chi connectivity index (χ1v) is 7.72. The summed E-state index contributed by atoms with van der Waals surface area (Å²) < 4.78 is 5.93. The monoisotopic (exact) mass is 276 g/mol. The van der Waals surface area contributed by atoms with Crippen LogP contribution in [0.25, 0.3) is 0 Å². The molecule has 0 aliphatic heterocycles. The summed E-state index contributed by atoms with van der Waals surface area (Å²) in [6, 6.07) is 7.47. The van der Waals surface area contributed by atoms with Gasteiger partial charge in [-0.1, -0.05) is 12.1 Å². The predicted molar refractivity (Wildman–Crippen MR) is 84.3 cm³/mol. The third-order valence-electron chi connectivity index (χ3n) is 4.41. The van der Waals surface area contributed by atoms with Crippen LogP contribution in [0.1, 0.15) is 36.8 Å². The molecule has 1 aromatic carbocycles. The van der Waals surface area contributed by atoms with E-state index in [9.17, 15) is 0 Å². The van der Waals surface area contributed by atoms with Crippen molar-refractivity contribution in [1.82, 2.24) is 4.90 Å². The zero-order valence-corrected chi connectivity index (χ0v) is 13.1. The van der Waals surface area contributed by atoms with Crippen molar-refractivity contribution in [1.29, 1.82) is 0 Å². The van der Waals surface area contributed by atoms with E-state index in [0.717, 1.165) is 31.7 Å². The highest BCUT2D eigenvalue weighted by Gasteiger charge is 2.21. The van der Waals surface area contributed by atoms with Crippen LogP contribution in [0.3, 0.4) is 0 Å². The van der Waals surface area contributed by atoms with E-state index in [1.165, 1.54) is 24.0 Å². The third kappa shape index (κ3) is 4.22. The molecule has 0 heterocycles. The van der Waals surface area contributed by atoms with Gasteiger partial charge in [0.1, 0.15) is 12.4 Å². The Hall–Kier alpha value is -1.06. The molecule has 2 N–H and O–H groups in total. The number of likely N-dealkylation sites (N-methyl/N-ethyl adjacent to an activating group) is 1. The van der Waals surface area contributed by atoms with Crippen molar-refractivity contribution < 1.29 is 4.74 Å². The quantitative estimate of drug-likeness (QED) is 0.898. The molecule has 1 aliphatic carbocycles. The number of aryl methyl sites for hydroxylation is 2. The number of hydrogen-bond acceptors (Lipinski definition) is 3. The van der Waals surface area contributed by atoms with E-state index in [2.05, 4.69) is 44.0 Å².